The molecule has 0 amide bonds. The van der Waals surface area contributed by atoms with Gasteiger partial charge >= 0.3 is 0 Å². The summed E-state index contributed by atoms with van der Waals surface area (Å²) in [5.74, 6) is 1.66. The maximum atomic E-state index is 9.79. The van der Waals surface area contributed by atoms with E-state index in [-0.39, 0.29) is 11.8 Å². The van der Waals surface area contributed by atoms with Crippen LogP contribution >= 0.6 is 11.6 Å². The van der Waals surface area contributed by atoms with Crippen LogP contribution in [0, 0.1) is 0 Å². The fourth-order valence-corrected chi connectivity index (χ4v) is 2.41. The average molecular weight is 318 g/mol. The smallest absolute Gasteiger partial charge is 0.161 e. The second-order valence-electron chi connectivity index (χ2n) is 5.06. The van der Waals surface area contributed by atoms with Gasteiger partial charge in [0.2, 0.25) is 0 Å². The lowest BCUT2D eigenvalue weighted by Crippen LogP contribution is -2.15. The number of hydrogen-bond donors (Lipinski definition) is 1. The van der Waals surface area contributed by atoms with Crippen molar-refractivity contribution in [2.24, 2.45) is 4.99 Å². The van der Waals surface area contributed by atoms with Crippen LogP contribution in [0.5, 0.6) is 17.2 Å². The number of aliphatic imine (C=N–C) groups is 1. The standard InChI is InChI=1S/C17H16ClNO3/c1-11(19-10-13-8-14(18)3-4-15(13)20)12-2-5-16-17(9-12)22-7-6-21-16/h2-5,8-11,20H,6-7H2,1H3. The highest BCUT2D eigenvalue weighted by atomic mass is 35.5. The van der Waals surface area contributed by atoms with Gasteiger partial charge in [0.1, 0.15) is 19.0 Å². The summed E-state index contributed by atoms with van der Waals surface area (Å²) in [4.78, 5) is 4.48. The lowest BCUT2D eigenvalue weighted by Gasteiger charge is -2.19. The van der Waals surface area contributed by atoms with Crippen LogP contribution < -0.4 is 9.47 Å². The monoisotopic (exact) mass is 317 g/mol. The van der Waals surface area contributed by atoms with E-state index >= 15 is 0 Å². The second kappa shape index (κ2) is 6.28. The van der Waals surface area contributed by atoms with Crippen molar-refractivity contribution in [2.45, 2.75) is 13.0 Å². The van der Waals surface area contributed by atoms with Crippen molar-refractivity contribution in [1.29, 1.82) is 0 Å². The molecule has 2 aromatic rings. The van der Waals surface area contributed by atoms with Crippen LogP contribution in [0.4, 0.5) is 0 Å². The predicted molar refractivity (Wildman–Crippen MR) is 86.6 cm³/mol. The first-order valence-electron chi connectivity index (χ1n) is 7.05. The summed E-state index contributed by atoms with van der Waals surface area (Å²) >= 11 is 5.93. The maximum Gasteiger partial charge on any atom is 0.161 e. The number of phenols is 1. The predicted octanol–water partition coefficient (Wildman–Crippen LogP) is 4.00. The van der Waals surface area contributed by atoms with Gasteiger partial charge in [-0.15, -0.1) is 0 Å². The van der Waals surface area contributed by atoms with Crippen molar-refractivity contribution >= 4 is 17.8 Å². The number of ether oxygens (including phenoxy) is 2. The maximum absolute atomic E-state index is 9.79. The highest BCUT2D eigenvalue weighted by molar-refractivity contribution is 6.30. The fourth-order valence-electron chi connectivity index (χ4n) is 2.23. The van der Waals surface area contributed by atoms with Crippen LogP contribution in [0.1, 0.15) is 24.1 Å². The van der Waals surface area contributed by atoms with E-state index in [1.54, 1.807) is 24.4 Å². The molecule has 114 valence electrons. The summed E-state index contributed by atoms with van der Waals surface area (Å²) in [6.45, 7) is 3.11. The third-order valence-electron chi connectivity index (χ3n) is 3.48. The molecule has 1 aliphatic rings. The van der Waals surface area contributed by atoms with E-state index in [1.165, 1.54) is 0 Å². The van der Waals surface area contributed by atoms with Crippen LogP contribution in [0.3, 0.4) is 0 Å². The summed E-state index contributed by atoms with van der Waals surface area (Å²) in [5, 5.41) is 10.4. The van der Waals surface area contributed by atoms with Crippen LogP contribution in [0.15, 0.2) is 41.4 Å². The van der Waals surface area contributed by atoms with Crippen LogP contribution in [0.25, 0.3) is 0 Å². The van der Waals surface area contributed by atoms with E-state index < -0.39 is 0 Å². The number of hydrogen-bond acceptors (Lipinski definition) is 4. The van der Waals surface area contributed by atoms with Gasteiger partial charge in [0.25, 0.3) is 0 Å². The second-order valence-corrected chi connectivity index (χ2v) is 5.50. The van der Waals surface area contributed by atoms with Crippen molar-refractivity contribution in [1.82, 2.24) is 0 Å². The largest absolute Gasteiger partial charge is 0.507 e. The molecule has 0 spiro atoms. The Balaban J connectivity index is 1.80. The van der Waals surface area contributed by atoms with E-state index in [2.05, 4.69) is 4.99 Å². The summed E-state index contributed by atoms with van der Waals surface area (Å²) in [5.41, 5.74) is 1.61. The Hall–Kier alpha value is -2.20. The molecule has 1 heterocycles. The molecule has 0 saturated heterocycles. The third kappa shape index (κ3) is 3.17. The van der Waals surface area contributed by atoms with Crippen molar-refractivity contribution in [3.63, 3.8) is 0 Å². The molecule has 1 atom stereocenters. The summed E-state index contributed by atoms with van der Waals surface area (Å²) in [6, 6.07) is 10.6. The normalized spacial score (nSPS) is 15.0. The Morgan fingerprint density at radius 1 is 1.14 bits per heavy atom. The third-order valence-corrected chi connectivity index (χ3v) is 3.71. The van der Waals surface area contributed by atoms with E-state index in [1.807, 2.05) is 25.1 Å². The Kier molecular flexibility index (Phi) is 4.20. The molecule has 0 aromatic heterocycles. The van der Waals surface area contributed by atoms with Gasteiger partial charge in [-0.2, -0.15) is 0 Å². The average Bonchev–Trinajstić information content (AvgIpc) is 2.55. The van der Waals surface area contributed by atoms with Crippen molar-refractivity contribution in [3.05, 3.63) is 52.5 Å². The number of halogens is 1. The highest BCUT2D eigenvalue weighted by Gasteiger charge is 2.13. The number of benzene rings is 2. The lowest BCUT2D eigenvalue weighted by molar-refractivity contribution is 0.171. The molecule has 5 heteroatoms. The zero-order valence-corrected chi connectivity index (χ0v) is 12.9. The molecule has 4 nitrogen and oxygen atoms in total. The number of nitrogens with zero attached hydrogens (tertiary/aromatic N) is 1. The SMILES string of the molecule is CC(N=Cc1cc(Cl)ccc1O)c1ccc2c(c1)OCCO2. The Morgan fingerprint density at radius 2 is 1.91 bits per heavy atom. The molecular weight excluding hydrogens is 302 g/mol. The minimum Gasteiger partial charge on any atom is -0.507 e. The molecule has 0 bridgehead atoms. The molecule has 0 saturated carbocycles. The van der Waals surface area contributed by atoms with Crippen LogP contribution in [-0.4, -0.2) is 24.5 Å². The van der Waals surface area contributed by atoms with Gasteiger partial charge < -0.3 is 14.6 Å². The van der Waals surface area contributed by atoms with E-state index in [0.717, 1.165) is 17.1 Å². The van der Waals surface area contributed by atoms with Gasteiger partial charge in [-0.05, 0) is 42.8 Å². The molecule has 0 radical (unpaired) electrons. The minimum absolute atomic E-state index is 0.0748. The summed E-state index contributed by atoms with van der Waals surface area (Å²) in [6.07, 6.45) is 1.63. The highest BCUT2D eigenvalue weighted by Crippen LogP contribution is 2.33. The van der Waals surface area contributed by atoms with Crippen molar-refractivity contribution < 1.29 is 14.6 Å². The van der Waals surface area contributed by atoms with E-state index in [4.69, 9.17) is 21.1 Å². The first-order chi connectivity index (χ1) is 10.6. The van der Waals surface area contributed by atoms with Gasteiger partial charge in [-0.25, -0.2) is 0 Å². The van der Waals surface area contributed by atoms with Gasteiger partial charge in [-0.1, -0.05) is 17.7 Å². The van der Waals surface area contributed by atoms with Gasteiger partial charge in [0.05, 0.1) is 6.04 Å². The Morgan fingerprint density at radius 3 is 2.73 bits per heavy atom. The van der Waals surface area contributed by atoms with Crippen molar-refractivity contribution in [2.75, 3.05) is 13.2 Å². The van der Waals surface area contributed by atoms with Gasteiger partial charge in [0.15, 0.2) is 11.5 Å². The summed E-state index contributed by atoms with van der Waals surface area (Å²) < 4.78 is 11.1. The zero-order chi connectivity index (χ0) is 15.5. The molecule has 1 aliphatic heterocycles. The number of phenolic OH excluding ortho intramolecular Hbond substituents is 1. The quantitative estimate of drug-likeness (QED) is 0.871. The molecule has 1 unspecified atom stereocenters. The van der Waals surface area contributed by atoms with Crippen LogP contribution in [0.2, 0.25) is 5.02 Å². The first-order valence-corrected chi connectivity index (χ1v) is 7.42. The first kappa shape index (κ1) is 14.7. The van der Waals surface area contributed by atoms with Gasteiger partial charge in [0, 0.05) is 16.8 Å². The van der Waals surface area contributed by atoms with Crippen molar-refractivity contribution in [3.8, 4) is 17.2 Å². The lowest BCUT2D eigenvalue weighted by atomic mass is 10.1. The molecule has 0 fully saturated rings. The number of aromatic hydroxyl groups is 1. The summed E-state index contributed by atoms with van der Waals surface area (Å²) in [7, 11) is 0. The van der Waals surface area contributed by atoms with E-state index in [9.17, 15) is 5.11 Å². The van der Waals surface area contributed by atoms with Gasteiger partial charge in [-0.3, -0.25) is 4.99 Å². The molecular formula is C17H16ClNO3. The van der Waals surface area contributed by atoms with E-state index in [0.29, 0.717) is 23.8 Å². The fraction of sp³-hybridized carbons (Fsp3) is 0.235. The number of fused-ring (bicyclic) bond motifs is 1. The Labute approximate surface area is 134 Å². The molecule has 0 aliphatic carbocycles. The molecule has 2 aromatic carbocycles. The minimum atomic E-state index is -0.0748. The topological polar surface area (TPSA) is 51.1 Å². The number of rotatable bonds is 3. The van der Waals surface area contributed by atoms with Crippen LogP contribution in [-0.2, 0) is 0 Å². The molecule has 3 rings (SSSR count). The Bertz CT molecular complexity index is 715. The zero-order valence-electron chi connectivity index (χ0n) is 12.1. The molecule has 1 N–H and O–H groups in total. The molecule has 22 heavy (non-hydrogen) atoms.